The first kappa shape index (κ1) is 22.1. The first-order valence-corrected chi connectivity index (χ1v) is 10.9. The lowest BCUT2D eigenvalue weighted by molar-refractivity contribution is 0.100. The minimum Gasteiger partial charge on any atom is -0.457 e. The minimum absolute atomic E-state index is 0.0341. The number of nitrogens with two attached hydrogens (primary N) is 2. The van der Waals surface area contributed by atoms with Crippen LogP contribution in [0.4, 0.5) is 0 Å². The van der Waals surface area contributed by atoms with Gasteiger partial charge in [0, 0.05) is 38.0 Å². The second-order valence-corrected chi connectivity index (χ2v) is 8.13. The average Bonchev–Trinajstić information content (AvgIpc) is 3.15. The highest BCUT2D eigenvalue weighted by Crippen LogP contribution is 2.32. The number of hydrogen-bond acceptors (Lipinski definition) is 6. The summed E-state index contributed by atoms with van der Waals surface area (Å²) in [5.41, 5.74) is 6.57. The third kappa shape index (κ3) is 5.32. The van der Waals surface area contributed by atoms with Gasteiger partial charge in [-0.2, -0.15) is 10.1 Å². The Balaban J connectivity index is 2.01. The molecule has 0 aliphatic carbocycles. The molecule has 31 heavy (non-hydrogen) atoms. The molecule has 3 rings (SSSR count). The zero-order valence-corrected chi connectivity index (χ0v) is 17.8. The lowest BCUT2D eigenvalue weighted by Crippen LogP contribution is -2.14. The van der Waals surface area contributed by atoms with Gasteiger partial charge in [-0.05, 0) is 43.3 Å². The van der Waals surface area contributed by atoms with Crippen molar-refractivity contribution in [3.8, 4) is 11.5 Å². The van der Waals surface area contributed by atoms with Gasteiger partial charge in [-0.25, -0.2) is 13.6 Å². The molecule has 4 N–H and O–H groups in total. The van der Waals surface area contributed by atoms with Crippen molar-refractivity contribution >= 4 is 38.9 Å². The molecule has 3 aromatic rings. The number of primary sulfonamides is 1. The Morgan fingerprint density at radius 3 is 2.58 bits per heavy atom. The molecular weight excluding hydrogens is 420 g/mol. The second-order valence-electron chi connectivity index (χ2n) is 6.56. The fourth-order valence-electron chi connectivity index (χ4n) is 2.76. The van der Waals surface area contributed by atoms with E-state index in [4.69, 9.17) is 15.6 Å². The summed E-state index contributed by atoms with van der Waals surface area (Å²) in [5, 5.41) is 10.3. The molecule has 2 aromatic carbocycles. The van der Waals surface area contributed by atoms with Crippen molar-refractivity contribution in [3.05, 3.63) is 48.2 Å². The maximum atomic E-state index is 12.6. The quantitative estimate of drug-likeness (QED) is 0.421. The van der Waals surface area contributed by atoms with Crippen molar-refractivity contribution in [2.75, 3.05) is 7.05 Å². The van der Waals surface area contributed by atoms with Crippen molar-refractivity contribution in [1.29, 1.82) is 0 Å². The van der Waals surface area contributed by atoms with Crippen molar-refractivity contribution in [3.63, 3.8) is 0 Å². The Labute approximate surface area is 179 Å². The van der Waals surface area contributed by atoms with Crippen molar-refractivity contribution in [1.82, 2.24) is 9.78 Å². The van der Waals surface area contributed by atoms with Gasteiger partial charge in [0.1, 0.15) is 17.3 Å². The van der Waals surface area contributed by atoms with Crippen molar-refractivity contribution in [2.24, 2.45) is 20.9 Å². The van der Waals surface area contributed by atoms with E-state index in [9.17, 15) is 13.2 Å². The van der Waals surface area contributed by atoms with Crippen LogP contribution in [0.1, 0.15) is 23.7 Å². The predicted octanol–water partition coefficient (Wildman–Crippen LogP) is 2.08. The molecule has 0 radical (unpaired) electrons. The van der Waals surface area contributed by atoms with Crippen molar-refractivity contribution < 1.29 is 17.9 Å². The highest BCUT2D eigenvalue weighted by molar-refractivity contribution is 7.89. The third-order valence-electron chi connectivity index (χ3n) is 4.31. The molecular formula is C20H22N6O4S. The number of benzene rings is 2. The van der Waals surface area contributed by atoms with E-state index in [-0.39, 0.29) is 22.7 Å². The lowest BCUT2D eigenvalue weighted by Gasteiger charge is -2.09. The maximum absolute atomic E-state index is 12.6. The molecule has 0 spiro atoms. The van der Waals surface area contributed by atoms with E-state index in [1.54, 1.807) is 36.3 Å². The zero-order valence-electron chi connectivity index (χ0n) is 17.0. The van der Waals surface area contributed by atoms with Gasteiger partial charge in [-0.1, -0.05) is 0 Å². The van der Waals surface area contributed by atoms with Gasteiger partial charge in [0.25, 0.3) is 5.91 Å². The number of aromatic nitrogens is 2. The normalized spacial score (nSPS) is 12.5. The summed E-state index contributed by atoms with van der Waals surface area (Å²) in [4.78, 5) is 20.3. The number of aryl methyl sites for hydroxylation is 1. The monoisotopic (exact) mass is 442 g/mol. The number of amides is 1. The van der Waals surface area contributed by atoms with E-state index in [0.29, 0.717) is 28.9 Å². The number of carbonyl (C=O) groups excluding carboxylic acids is 1. The number of ether oxygens (including phenoxy) is 1. The SMILES string of the molecule is CCn1cc2c(Oc3ccc(S(N)(=O)=O)cc3)cc(C(=O)N=C(N)CC=NC)cc2n1. The smallest absolute Gasteiger partial charge is 0.278 e. The summed E-state index contributed by atoms with van der Waals surface area (Å²) in [5.74, 6) is 0.331. The summed E-state index contributed by atoms with van der Waals surface area (Å²) >= 11 is 0. The van der Waals surface area contributed by atoms with Crippen molar-refractivity contribution in [2.45, 2.75) is 24.8 Å². The molecule has 0 atom stereocenters. The summed E-state index contributed by atoms with van der Waals surface area (Å²) in [6.45, 7) is 2.56. The van der Waals surface area contributed by atoms with Gasteiger partial charge in [0.15, 0.2) is 0 Å². The van der Waals surface area contributed by atoms with Gasteiger partial charge < -0.3 is 15.5 Å². The molecule has 162 valence electrons. The topological polar surface area (TPSA) is 155 Å². The highest BCUT2D eigenvalue weighted by Gasteiger charge is 2.15. The minimum atomic E-state index is -3.81. The second kappa shape index (κ2) is 9.06. The number of rotatable bonds is 7. The number of fused-ring (bicyclic) bond motifs is 1. The Morgan fingerprint density at radius 1 is 1.26 bits per heavy atom. The lowest BCUT2D eigenvalue weighted by atomic mass is 10.1. The van der Waals surface area contributed by atoms with E-state index in [1.807, 2.05) is 6.92 Å². The number of nitrogens with zero attached hydrogens (tertiary/aromatic N) is 4. The molecule has 0 saturated heterocycles. The molecule has 11 heteroatoms. The molecule has 10 nitrogen and oxygen atoms in total. The molecule has 0 fully saturated rings. The van der Waals surface area contributed by atoms with E-state index in [1.165, 1.54) is 24.3 Å². The fraction of sp³-hybridized carbons (Fsp3) is 0.200. The number of aliphatic imine (C=N–C) groups is 2. The average molecular weight is 443 g/mol. The number of sulfonamides is 1. The first-order chi connectivity index (χ1) is 14.7. The first-order valence-electron chi connectivity index (χ1n) is 9.31. The van der Waals surface area contributed by atoms with Crippen LogP contribution in [0.25, 0.3) is 10.9 Å². The van der Waals surface area contributed by atoms with E-state index >= 15 is 0 Å². The van der Waals surface area contributed by atoms with E-state index in [0.717, 1.165) is 0 Å². The van der Waals surface area contributed by atoms with Gasteiger partial charge in [0.2, 0.25) is 10.0 Å². The third-order valence-corrected chi connectivity index (χ3v) is 5.24. The summed E-state index contributed by atoms with van der Waals surface area (Å²) in [7, 11) is -2.21. The van der Waals surface area contributed by atoms with Crippen LogP contribution >= 0.6 is 0 Å². The van der Waals surface area contributed by atoms with Crippen LogP contribution in [-0.4, -0.2) is 43.2 Å². The number of carbonyl (C=O) groups is 1. The van der Waals surface area contributed by atoms with Crippen LogP contribution in [0.2, 0.25) is 0 Å². The molecule has 0 bridgehead atoms. The standard InChI is InChI=1S/C20H22N6O4S/c1-3-26-12-16-17(25-26)10-13(20(27)24-19(21)8-9-23-2)11-18(16)30-14-4-6-15(7-5-14)31(22,28)29/h4-7,9-12H,3,8H2,1-2H3,(H2,21,24,27)(H2,22,28,29). The molecule has 1 aromatic heterocycles. The van der Waals surface area contributed by atoms with Gasteiger partial charge >= 0.3 is 0 Å². The van der Waals surface area contributed by atoms with Crippen LogP contribution in [0, 0.1) is 0 Å². The Morgan fingerprint density at radius 2 is 1.97 bits per heavy atom. The largest absolute Gasteiger partial charge is 0.457 e. The van der Waals surface area contributed by atoms with Crippen LogP contribution in [-0.2, 0) is 16.6 Å². The molecule has 0 aliphatic heterocycles. The Bertz CT molecular complexity index is 1280. The molecule has 1 heterocycles. The summed E-state index contributed by atoms with van der Waals surface area (Å²) < 4.78 is 30.5. The Hall–Kier alpha value is -3.57. The van der Waals surface area contributed by atoms with E-state index in [2.05, 4.69) is 15.1 Å². The van der Waals surface area contributed by atoms with Gasteiger partial charge in [-0.3, -0.25) is 9.48 Å². The van der Waals surface area contributed by atoms with Crippen LogP contribution < -0.4 is 15.6 Å². The fourth-order valence-corrected chi connectivity index (χ4v) is 3.28. The number of amidine groups is 1. The predicted molar refractivity (Wildman–Crippen MR) is 118 cm³/mol. The zero-order chi connectivity index (χ0) is 22.6. The van der Waals surface area contributed by atoms with E-state index < -0.39 is 15.9 Å². The highest BCUT2D eigenvalue weighted by atomic mass is 32.2. The molecule has 0 saturated carbocycles. The van der Waals surface area contributed by atoms with Gasteiger partial charge in [-0.15, -0.1) is 0 Å². The van der Waals surface area contributed by atoms with Crippen LogP contribution in [0.15, 0.2) is 57.5 Å². The van der Waals surface area contributed by atoms with Gasteiger partial charge in [0.05, 0.1) is 15.8 Å². The maximum Gasteiger partial charge on any atom is 0.278 e. The number of hydrogen-bond donors (Lipinski definition) is 2. The molecule has 0 aliphatic rings. The van der Waals surface area contributed by atoms with Crippen LogP contribution in [0.5, 0.6) is 11.5 Å². The molecule has 1 amide bonds. The summed E-state index contributed by atoms with van der Waals surface area (Å²) in [6.07, 6.45) is 3.61. The van der Waals surface area contributed by atoms with Crippen LogP contribution in [0.3, 0.4) is 0 Å². The summed E-state index contributed by atoms with van der Waals surface area (Å²) in [6, 6.07) is 8.80. The Kier molecular flexibility index (Phi) is 6.47. The molecule has 0 unspecified atom stereocenters.